The molecule has 0 unspecified atom stereocenters. The molecule has 180 valence electrons. The Morgan fingerprint density at radius 2 is 1.89 bits per heavy atom. The Morgan fingerprint density at radius 3 is 2.60 bits per heavy atom. The molecule has 0 bridgehead atoms. The Bertz CT molecular complexity index is 1360. The van der Waals surface area contributed by atoms with Gasteiger partial charge in [-0.3, -0.25) is 4.79 Å². The van der Waals surface area contributed by atoms with Crippen molar-refractivity contribution in [2.24, 2.45) is 0 Å². The number of carbonyl (C=O) groups is 1. The number of halogens is 1. The van der Waals surface area contributed by atoms with Gasteiger partial charge in [0.2, 0.25) is 5.91 Å². The van der Waals surface area contributed by atoms with Gasteiger partial charge in [0.15, 0.2) is 0 Å². The Balaban J connectivity index is 1.44. The summed E-state index contributed by atoms with van der Waals surface area (Å²) >= 11 is 0. The highest BCUT2D eigenvalue weighted by molar-refractivity contribution is 5.92. The third kappa shape index (κ3) is 5.34. The van der Waals surface area contributed by atoms with Crippen molar-refractivity contribution < 1.29 is 13.6 Å². The van der Waals surface area contributed by atoms with Crippen molar-refractivity contribution in [1.29, 1.82) is 0 Å². The molecule has 1 N–H and O–H groups in total. The summed E-state index contributed by atoms with van der Waals surface area (Å²) in [5.41, 5.74) is 2.99. The Kier molecular flexibility index (Phi) is 6.01. The highest BCUT2D eigenvalue weighted by Gasteiger charge is 2.33. The van der Waals surface area contributed by atoms with Crippen molar-refractivity contribution in [3.63, 3.8) is 0 Å². The van der Waals surface area contributed by atoms with Gasteiger partial charge in [-0.05, 0) is 81.1 Å². The standard InChI is InChI=1S/C28H29FN4O2/c1-28(2,3)32-27-23-14-19(7-11-25(23)30-17-31-27)18-6-10-24(29)20(13-18)16-33(21-8-9-21)26(34)15-22-5-4-12-35-22/h4-7,10-14,17,21H,8-9,15-16H2,1-3H3,(H,30,31,32). The molecular formula is C28H29FN4O2. The van der Waals surface area contributed by atoms with E-state index in [9.17, 15) is 9.18 Å². The van der Waals surface area contributed by atoms with Crippen LogP contribution in [0, 0.1) is 5.82 Å². The maximum absolute atomic E-state index is 14.9. The number of hydrogen-bond acceptors (Lipinski definition) is 5. The molecule has 1 saturated carbocycles. The quantitative estimate of drug-likeness (QED) is 0.359. The predicted molar refractivity (Wildman–Crippen MR) is 134 cm³/mol. The summed E-state index contributed by atoms with van der Waals surface area (Å²) in [6.07, 6.45) is 5.18. The van der Waals surface area contributed by atoms with E-state index in [1.807, 2.05) is 24.3 Å². The summed E-state index contributed by atoms with van der Waals surface area (Å²) in [7, 11) is 0. The second kappa shape index (κ2) is 9.13. The summed E-state index contributed by atoms with van der Waals surface area (Å²) < 4.78 is 20.2. The molecule has 0 saturated heterocycles. The van der Waals surface area contributed by atoms with E-state index in [0.29, 0.717) is 11.3 Å². The summed E-state index contributed by atoms with van der Waals surface area (Å²) in [6, 6.07) is 14.8. The average Bonchev–Trinajstić information content (AvgIpc) is 3.53. The van der Waals surface area contributed by atoms with Gasteiger partial charge in [0.25, 0.3) is 0 Å². The van der Waals surface area contributed by atoms with Crippen LogP contribution in [-0.2, 0) is 17.8 Å². The van der Waals surface area contributed by atoms with E-state index >= 15 is 0 Å². The fourth-order valence-electron chi connectivity index (χ4n) is 4.22. The fraction of sp³-hybridized carbons (Fsp3) is 0.321. The van der Waals surface area contributed by atoms with E-state index in [0.717, 1.165) is 40.7 Å². The number of aromatic nitrogens is 2. The third-order valence-corrected chi connectivity index (χ3v) is 6.06. The highest BCUT2D eigenvalue weighted by Crippen LogP contribution is 2.32. The highest BCUT2D eigenvalue weighted by atomic mass is 19.1. The van der Waals surface area contributed by atoms with Gasteiger partial charge >= 0.3 is 0 Å². The van der Waals surface area contributed by atoms with Gasteiger partial charge in [-0.2, -0.15) is 0 Å². The Hall–Kier alpha value is -3.74. The van der Waals surface area contributed by atoms with E-state index in [1.54, 1.807) is 35.7 Å². The molecule has 2 aromatic heterocycles. The second-order valence-corrected chi connectivity index (χ2v) is 10.1. The topological polar surface area (TPSA) is 71.3 Å². The molecule has 35 heavy (non-hydrogen) atoms. The number of amides is 1. The molecule has 1 fully saturated rings. The van der Waals surface area contributed by atoms with E-state index in [-0.39, 0.29) is 36.3 Å². The zero-order valence-corrected chi connectivity index (χ0v) is 20.2. The summed E-state index contributed by atoms with van der Waals surface area (Å²) in [4.78, 5) is 23.6. The first-order valence-corrected chi connectivity index (χ1v) is 11.9. The molecule has 0 radical (unpaired) electrons. The van der Waals surface area contributed by atoms with Crippen LogP contribution in [0.25, 0.3) is 22.0 Å². The van der Waals surface area contributed by atoms with Crippen LogP contribution in [0.5, 0.6) is 0 Å². The Morgan fingerprint density at radius 1 is 1.11 bits per heavy atom. The van der Waals surface area contributed by atoms with Crippen LogP contribution in [0.1, 0.15) is 44.9 Å². The largest absolute Gasteiger partial charge is 0.469 e. The van der Waals surface area contributed by atoms with Gasteiger partial charge in [0, 0.05) is 29.1 Å². The molecule has 1 aliphatic carbocycles. The lowest BCUT2D eigenvalue weighted by molar-refractivity contribution is -0.132. The monoisotopic (exact) mass is 472 g/mol. The van der Waals surface area contributed by atoms with Crippen LogP contribution in [-0.4, -0.2) is 32.4 Å². The summed E-state index contributed by atoms with van der Waals surface area (Å²) in [5, 5.41) is 4.34. The van der Waals surface area contributed by atoms with E-state index in [1.165, 1.54) is 6.07 Å². The second-order valence-electron chi connectivity index (χ2n) is 10.1. The van der Waals surface area contributed by atoms with Crippen molar-refractivity contribution in [2.45, 2.75) is 58.2 Å². The first kappa shape index (κ1) is 23.0. The molecule has 0 aliphatic heterocycles. The predicted octanol–water partition coefficient (Wildman–Crippen LogP) is 5.97. The molecule has 2 aromatic carbocycles. The molecule has 1 aliphatic rings. The van der Waals surface area contributed by atoms with Crippen molar-refractivity contribution in [1.82, 2.24) is 14.9 Å². The number of nitrogens with zero attached hydrogens (tertiary/aromatic N) is 3. The van der Waals surface area contributed by atoms with Crippen LogP contribution >= 0.6 is 0 Å². The minimum atomic E-state index is -0.315. The van der Waals surface area contributed by atoms with Crippen molar-refractivity contribution in [2.75, 3.05) is 5.32 Å². The van der Waals surface area contributed by atoms with Crippen LogP contribution in [0.3, 0.4) is 0 Å². The molecular weight excluding hydrogens is 443 g/mol. The van der Waals surface area contributed by atoms with Gasteiger partial charge in [-0.25, -0.2) is 14.4 Å². The number of carbonyl (C=O) groups excluding carboxylic acids is 1. The van der Waals surface area contributed by atoms with E-state index in [4.69, 9.17) is 4.42 Å². The summed E-state index contributed by atoms with van der Waals surface area (Å²) in [5.74, 6) is 1.01. The molecule has 1 amide bonds. The van der Waals surface area contributed by atoms with Crippen LogP contribution < -0.4 is 5.32 Å². The number of nitrogens with one attached hydrogen (secondary N) is 1. The van der Waals surface area contributed by atoms with Crippen LogP contribution in [0.2, 0.25) is 0 Å². The van der Waals surface area contributed by atoms with E-state index in [2.05, 4.69) is 36.1 Å². The van der Waals surface area contributed by atoms with Gasteiger partial charge in [-0.1, -0.05) is 12.1 Å². The zero-order chi connectivity index (χ0) is 24.6. The smallest absolute Gasteiger partial charge is 0.230 e. The van der Waals surface area contributed by atoms with Gasteiger partial charge in [0.05, 0.1) is 18.2 Å². The minimum absolute atomic E-state index is 0.0481. The van der Waals surface area contributed by atoms with Gasteiger partial charge in [-0.15, -0.1) is 0 Å². The molecule has 7 heteroatoms. The normalized spacial score (nSPS) is 13.7. The lowest BCUT2D eigenvalue weighted by atomic mass is 10.00. The van der Waals surface area contributed by atoms with Gasteiger partial charge < -0.3 is 14.6 Å². The lowest BCUT2D eigenvalue weighted by Crippen LogP contribution is -2.34. The average molecular weight is 473 g/mol. The maximum atomic E-state index is 14.9. The lowest BCUT2D eigenvalue weighted by Gasteiger charge is -2.23. The number of benzene rings is 2. The number of anilines is 1. The SMILES string of the molecule is CC(C)(C)Nc1ncnc2ccc(-c3ccc(F)c(CN(C(=O)Cc4ccco4)C4CC4)c3)cc12. The van der Waals surface area contributed by atoms with Gasteiger partial charge in [0.1, 0.15) is 23.7 Å². The van der Waals surface area contributed by atoms with Crippen LogP contribution in [0.4, 0.5) is 10.2 Å². The van der Waals surface area contributed by atoms with E-state index < -0.39 is 0 Å². The Labute approximate surface area is 204 Å². The molecule has 0 atom stereocenters. The fourth-order valence-corrected chi connectivity index (χ4v) is 4.22. The zero-order valence-electron chi connectivity index (χ0n) is 20.2. The van der Waals surface area contributed by atoms with Crippen LogP contribution in [0.15, 0.2) is 65.5 Å². The van der Waals surface area contributed by atoms with Crippen molar-refractivity contribution >= 4 is 22.6 Å². The third-order valence-electron chi connectivity index (χ3n) is 6.06. The molecule has 5 rings (SSSR count). The maximum Gasteiger partial charge on any atom is 0.230 e. The molecule has 6 nitrogen and oxygen atoms in total. The first-order valence-electron chi connectivity index (χ1n) is 11.9. The minimum Gasteiger partial charge on any atom is -0.469 e. The number of hydrogen-bond donors (Lipinski definition) is 1. The molecule has 4 aromatic rings. The summed E-state index contributed by atoms with van der Waals surface area (Å²) in [6.45, 7) is 6.47. The molecule has 2 heterocycles. The first-order chi connectivity index (χ1) is 16.8. The van der Waals surface area contributed by atoms with Crippen molar-refractivity contribution in [3.8, 4) is 11.1 Å². The number of fused-ring (bicyclic) bond motifs is 1. The molecule has 0 spiro atoms. The van der Waals surface area contributed by atoms with Crippen molar-refractivity contribution in [3.05, 3.63) is 78.3 Å². The number of furan rings is 1. The number of rotatable bonds is 7.